The maximum absolute atomic E-state index is 11.3. The van der Waals surface area contributed by atoms with Crippen LogP contribution < -0.4 is 4.90 Å². The molecule has 18 heavy (non-hydrogen) atoms. The molecule has 1 aliphatic carbocycles. The molecule has 4 heteroatoms. The van der Waals surface area contributed by atoms with Gasteiger partial charge in [-0.05, 0) is 31.9 Å². The van der Waals surface area contributed by atoms with Crippen molar-refractivity contribution >= 4 is 11.8 Å². The molecule has 0 unspecified atom stereocenters. The molecule has 0 aliphatic heterocycles. The van der Waals surface area contributed by atoms with Crippen LogP contribution in [-0.4, -0.2) is 29.1 Å². The molecule has 1 heterocycles. The summed E-state index contributed by atoms with van der Waals surface area (Å²) in [5, 5.41) is 9.24. The number of hydrogen-bond donors (Lipinski definition) is 1. The third kappa shape index (κ3) is 2.63. The molecule has 1 aromatic rings. The number of pyridine rings is 1. The maximum Gasteiger partial charge on any atom is 0.339 e. The van der Waals surface area contributed by atoms with Gasteiger partial charge in [-0.25, -0.2) is 9.78 Å². The number of aryl methyl sites for hydroxylation is 1. The molecule has 0 atom stereocenters. The first-order valence-electron chi connectivity index (χ1n) is 6.53. The van der Waals surface area contributed by atoms with Crippen molar-refractivity contribution in [1.82, 2.24) is 4.98 Å². The second kappa shape index (κ2) is 5.38. The Labute approximate surface area is 108 Å². The summed E-state index contributed by atoms with van der Waals surface area (Å²) < 4.78 is 0. The Kier molecular flexibility index (Phi) is 3.84. The summed E-state index contributed by atoms with van der Waals surface area (Å²) in [5.74, 6) is -0.297. The summed E-state index contributed by atoms with van der Waals surface area (Å²) in [4.78, 5) is 17.7. The monoisotopic (exact) mass is 248 g/mol. The first-order valence-corrected chi connectivity index (χ1v) is 6.53. The highest BCUT2D eigenvalue weighted by atomic mass is 16.4. The largest absolute Gasteiger partial charge is 0.478 e. The molecule has 0 bridgehead atoms. The van der Waals surface area contributed by atoms with Gasteiger partial charge >= 0.3 is 5.97 Å². The highest BCUT2D eigenvalue weighted by Crippen LogP contribution is 2.27. The molecule has 4 nitrogen and oxygen atoms in total. The van der Waals surface area contributed by atoms with Crippen LogP contribution in [0.5, 0.6) is 0 Å². The van der Waals surface area contributed by atoms with Crippen LogP contribution in [0.1, 0.15) is 48.2 Å². The fourth-order valence-electron chi connectivity index (χ4n) is 2.62. The van der Waals surface area contributed by atoms with Crippen molar-refractivity contribution in [3.8, 4) is 0 Å². The summed E-state index contributed by atoms with van der Waals surface area (Å²) in [6, 6.07) is 3.83. The van der Waals surface area contributed by atoms with Crippen molar-refractivity contribution in [3.63, 3.8) is 0 Å². The number of aromatic carboxylic acids is 1. The minimum absolute atomic E-state index is 0.300. The summed E-state index contributed by atoms with van der Waals surface area (Å²) in [7, 11) is 1.96. The SMILES string of the molecule is Cc1ccc(C(=O)O)c(N(C)C2CCCCC2)n1. The lowest BCUT2D eigenvalue weighted by atomic mass is 9.94. The second-order valence-corrected chi connectivity index (χ2v) is 5.03. The van der Waals surface area contributed by atoms with E-state index in [1.807, 2.05) is 14.0 Å². The Balaban J connectivity index is 2.30. The first kappa shape index (κ1) is 12.9. The van der Waals surface area contributed by atoms with Gasteiger partial charge in [-0.1, -0.05) is 19.3 Å². The van der Waals surface area contributed by atoms with Crippen LogP contribution in [0.4, 0.5) is 5.82 Å². The molecule has 1 aliphatic rings. The number of nitrogens with zero attached hydrogens (tertiary/aromatic N) is 2. The second-order valence-electron chi connectivity index (χ2n) is 5.03. The van der Waals surface area contributed by atoms with Gasteiger partial charge in [0.05, 0.1) is 0 Å². The van der Waals surface area contributed by atoms with E-state index in [0.717, 1.165) is 18.5 Å². The van der Waals surface area contributed by atoms with Crippen molar-refractivity contribution in [2.75, 3.05) is 11.9 Å². The Morgan fingerprint density at radius 2 is 2.00 bits per heavy atom. The van der Waals surface area contributed by atoms with Gasteiger partial charge in [0.25, 0.3) is 0 Å². The summed E-state index contributed by atoms with van der Waals surface area (Å²) in [6.45, 7) is 1.89. The number of carboxylic acids is 1. The van der Waals surface area contributed by atoms with Crippen LogP contribution in [0.25, 0.3) is 0 Å². The summed E-state index contributed by atoms with van der Waals surface area (Å²) >= 11 is 0. The van der Waals surface area contributed by atoms with Crippen molar-refractivity contribution < 1.29 is 9.90 Å². The van der Waals surface area contributed by atoms with Gasteiger partial charge in [-0.15, -0.1) is 0 Å². The molecule has 0 spiro atoms. The van der Waals surface area contributed by atoms with Crippen LogP contribution >= 0.6 is 0 Å². The van der Waals surface area contributed by atoms with Crippen LogP contribution in [-0.2, 0) is 0 Å². The molecular formula is C14H20N2O2. The maximum atomic E-state index is 11.3. The fourth-order valence-corrected chi connectivity index (χ4v) is 2.62. The van der Waals surface area contributed by atoms with E-state index >= 15 is 0 Å². The van der Waals surface area contributed by atoms with Gasteiger partial charge in [0.1, 0.15) is 11.4 Å². The van der Waals surface area contributed by atoms with Crippen molar-refractivity contribution in [3.05, 3.63) is 23.4 Å². The fraction of sp³-hybridized carbons (Fsp3) is 0.571. The molecule has 0 amide bonds. The Morgan fingerprint density at radius 1 is 1.33 bits per heavy atom. The predicted octanol–water partition coefficient (Wildman–Crippen LogP) is 2.86. The molecular weight excluding hydrogens is 228 g/mol. The minimum atomic E-state index is -0.903. The molecule has 1 fully saturated rings. The van der Waals surface area contributed by atoms with Gasteiger partial charge in [-0.3, -0.25) is 0 Å². The standard InChI is InChI=1S/C14H20N2O2/c1-10-8-9-12(14(17)18)13(15-10)16(2)11-6-4-3-5-7-11/h8-9,11H,3-7H2,1-2H3,(H,17,18). The number of carboxylic acid groups (broad SMARTS) is 1. The average Bonchev–Trinajstić information content (AvgIpc) is 2.38. The zero-order chi connectivity index (χ0) is 13.1. The van der Waals surface area contributed by atoms with Crippen LogP contribution in [0.2, 0.25) is 0 Å². The smallest absolute Gasteiger partial charge is 0.339 e. The highest BCUT2D eigenvalue weighted by molar-refractivity contribution is 5.93. The molecule has 2 rings (SSSR count). The third-order valence-corrected chi connectivity index (χ3v) is 3.70. The van der Waals surface area contributed by atoms with E-state index < -0.39 is 5.97 Å². The van der Waals surface area contributed by atoms with Gasteiger partial charge < -0.3 is 10.0 Å². The quantitative estimate of drug-likeness (QED) is 0.893. The van der Waals surface area contributed by atoms with E-state index in [0.29, 0.717) is 17.4 Å². The Morgan fingerprint density at radius 3 is 2.61 bits per heavy atom. The molecule has 1 saturated carbocycles. The van der Waals surface area contributed by atoms with Crippen LogP contribution in [0, 0.1) is 6.92 Å². The number of hydrogen-bond acceptors (Lipinski definition) is 3. The number of carbonyl (C=O) groups is 1. The lowest BCUT2D eigenvalue weighted by Gasteiger charge is -2.32. The Hall–Kier alpha value is -1.58. The third-order valence-electron chi connectivity index (χ3n) is 3.70. The van der Waals surface area contributed by atoms with E-state index in [9.17, 15) is 9.90 Å². The number of rotatable bonds is 3. The van der Waals surface area contributed by atoms with Crippen LogP contribution in [0.15, 0.2) is 12.1 Å². The predicted molar refractivity (Wildman–Crippen MR) is 71.2 cm³/mol. The first-order chi connectivity index (χ1) is 8.59. The average molecular weight is 248 g/mol. The van der Waals surface area contributed by atoms with E-state index in [2.05, 4.69) is 9.88 Å². The van der Waals surface area contributed by atoms with Crippen molar-refractivity contribution in [1.29, 1.82) is 0 Å². The van der Waals surface area contributed by atoms with Gasteiger partial charge in [0.2, 0.25) is 0 Å². The van der Waals surface area contributed by atoms with E-state index in [1.165, 1.54) is 19.3 Å². The molecule has 1 N–H and O–H groups in total. The molecule has 0 saturated heterocycles. The number of anilines is 1. The van der Waals surface area contributed by atoms with Crippen molar-refractivity contribution in [2.24, 2.45) is 0 Å². The molecule has 0 aromatic carbocycles. The van der Waals surface area contributed by atoms with Gasteiger partial charge in [-0.2, -0.15) is 0 Å². The molecule has 1 aromatic heterocycles. The van der Waals surface area contributed by atoms with Gasteiger partial charge in [0, 0.05) is 18.8 Å². The normalized spacial score (nSPS) is 16.6. The van der Waals surface area contributed by atoms with E-state index in [1.54, 1.807) is 12.1 Å². The molecule has 98 valence electrons. The summed E-state index contributed by atoms with van der Waals surface area (Å²) in [6.07, 6.45) is 6.00. The van der Waals surface area contributed by atoms with E-state index in [-0.39, 0.29) is 0 Å². The van der Waals surface area contributed by atoms with Gasteiger partial charge in [0.15, 0.2) is 0 Å². The lowest BCUT2D eigenvalue weighted by Crippen LogP contribution is -2.35. The van der Waals surface area contributed by atoms with Crippen LogP contribution in [0.3, 0.4) is 0 Å². The topological polar surface area (TPSA) is 53.4 Å². The minimum Gasteiger partial charge on any atom is -0.478 e. The zero-order valence-corrected chi connectivity index (χ0v) is 11.0. The molecule has 0 radical (unpaired) electrons. The Bertz CT molecular complexity index is 439. The lowest BCUT2D eigenvalue weighted by molar-refractivity contribution is 0.0697. The zero-order valence-electron chi connectivity index (χ0n) is 11.0. The number of aromatic nitrogens is 1. The van der Waals surface area contributed by atoms with Crippen molar-refractivity contribution in [2.45, 2.75) is 45.1 Å². The summed E-state index contributed by atoms with van der Waals surface area (Å²) in [5.41, 5.74) is 1.16. The highest BCUT2D eigenvalue weighted by Gasteiger charge is 2.23. The van der Waals surface area contributed by atoms with E-state index in [4.69, 9.17) is 0 Å².